The van der Waals surface area contributed by atoms with Crippen LogP contribution in [0.15, 0.2) is 35.9 Å². The fourth-order valence-corrected chi connectivity index (χ4v) is 5.06. The van der Waals surface area contributed by atoms with Crippen molar-refractivity contribution < 1.29 is 9.59 Å². The molecule has 5 nitrogen and oxygen atoms in total. The van der Waals surface area contributed by atoms with Gasteiger partial charge in [0.2, 0.25) is 5.91 Å². The first-order valence-electron chi connectivity index (χ1n) is 11.8. The van der Waals surface area contributed by atoms with Crippen LogP contribution in [-0.4, -0.2) is 21.5 Å². The van der Waals surface area contributed by atoms with Gasteiger partial charge in [-0.3, -0.25) is 14.3 Å². The van der Waals surface area contributed by atoms with E-state index in [1.54, 1.807) is 0 Å². The van der Waals surface area contributed by atoms with Gasteiger partial charge in [-0.05, 0) is 63.4 Å². The summed E-state index contributed by atoms with van der Waals surface area (Å²) in [6, 6.07) is 1.99. The highest BCUT2D eigenvalue weighted by atomic mass is 16.2. The number of aromatic nitrogens is 2. The molecule has 2 fully saturated rings. The molecule has 5 heteroatoms. The van der Waals surface area contributed by atoms with Gasteiger partial charge in [-0.15, -0.1) is 6.58 Å². The Morgan fingerprint density at radius 2 is 2.23 bits per heavy atom. The quantitative estimate of drug-likeness (QED) is 0.548. The first kappa shape index (κ1) is 21.8. The van der Waals surface area contributed by atoms with E-state index in [1.807, 2.05) is 17.7 Å². The number of amides is 1. The minimum atomic E-state index is -0.226. The number of fused-ring (bicyclic) bond motifs is 1. The molecule has 1 N–H and O–H groups in total. The molecule has 31 heavy (non-hydrogen) atoms. The van der Waals surface area contributed by atoms with E-state index in [0.717, 1.165) is 57.2 Å². The Hall–Kier alpha value is -2.43. The Balaban J connectivity index is 1.48. The molecule has 0 bridgehead atoms. The Morgan fingerprint density at radius 1 is 1.42 bits per heavy atom. The molecule has 0 radical (unpaired) electrons. The molecule has 1 amide bonds. The number of carbonyl (C=O) groups is 2. The monoisotopic (exact) mass is 421 g/mol. The number of rotatable bonds is 8. The highest BCUT2D eigenvalue weighted by molar-refractivity contribution is 5.98. The number of hydrogen-bond acceptors (Lipinski definition) is 3. The number of hydrogen-bond donors (Lipinski definition) is 1. The summed E-state index contributed by atoms with van der Waals surface area (Å²) >= 11 is 0. The molecule has 3 aliphatic carbocycles. The van der Waals surface area contributed by atoms with Gasteiger partial charge in [0, 0.05) is 30.4 Å². The third-order valence-electron chi connectivity index (χ3n) is 7.24. The fourth-order valence-electron chi connectivity index (χ4n) is 5.06. The molecule has 2 saturated carbocycles. The van der Waals surface area contributed by atoms with Crippen molar-refractivity contribution in [3.05, 3.63) is 41.6 Å². The second kappa shape index (κ2) is 8.60. The highest BCUT2D eigenvalue weighted by Gasteiger charge is 2.59. The summed E-state index contributed by atoms with van der Waals surface area (Å²) in [6.45, 7) is 11.1. The van der Waals surface area contributed by atoms with Crippen LogP contribution in [0.5, 0.6) is 0 Å². The summed E-state index contributed by atoms with van der Waals surface area (Å²) < 4.78 is 2.00. The number of carbonyl (C=O) groups excluding carboxylic acids is 2. The smallest absolute Gasteiger partial charge is 0.229 e. The third-order valence-corrected chi connectivity index (χ3v) is 7.24. The number of Topliss-reactive ketones (excluding diaryl/α,β-unsaturated/α-hetero) is 1. The molecule has 0 aliphatic heterocycles. The Labute approximate surface area is 185 Å². The summed E-state index contributed by atoms with van der Waals surface area (Å²) in [5.41, 5.74) is 4.76. The maximum Gasteiger partial charge on any atom is 0.229 e. The topological polar surface area (TPSA) is 64.0 Å². The van der Waals surface area contributed by atoms with E-state index < -0.39 is 0 Å². The van der Waals surface area contributed by atoms with Gasteiger partial charge < -0.3 is 5.32 Å². The van der Waals surface area contributed by atoms with Crippen LogP contribution in [0.3, 0.4) is 0 Å². The van der Waals surface area contributed by atoms with Crippen molar-refractivity contribution in [3.63, 3.8) is 0 Å². The lowest BCUT2D eigenvalue weighted by Gasteiger charge is -2.23. The lowest BCUT2D eigenvalue weighted by molar-refractivity contribution is -0.131. The van der Waals surface area contributed by atoms with Crippen LogP contribution in [0.2, 0.25) is 0 Å². The van der Waals surface area contributed by atoms with Crippen molar-refractivity contribution in [1.82, 2.24) is 9.78 Å². The zero-order chi connectivity index (χ0) is 22.2. The van der Waals surface area contributed by atoms with Gasteiger partial charge >= 0.3 is 0 Å². The van der Waals surface area contributed by atoms with Crippen LogP contribution in [-0.2, 0) is 16.1 Å². The summed E-state index contributed by atoms with van der Waals surface area (Å²) in [4.78, 5) is 25.3. The van der Waals surface area contributed by atoms with Crippen molar-refractivity contribution >= 4 is 23.1 Å². The van der Waals surface area contributed by atoms with Crippen molar-refractivity contribution in [3.8, 4) is 0 Å². The van der Waals surface area contributed by atoms with E-state index in [2.05, 4.69) is 43.0 Å². The highest BCUT2D eigenvalue weighted by Crippen LogP contribution is 2.60. The zero-order valence-electron chi connectivity index (χ0n) is 19.2. The molecule has 0 saturated heterocycles. The average Bonchev–Trinajstić information content (AvgIpc) is 3.26. The van der Waals surface area contributed by atoms with Gasteiger partial charge in [0.15, 0.2) is 5.82 Å². The summed E-state index contributed by atoms with van der Waals surface area (Å²) in [5, 5.41) is 7.70. The molecule has 0 spiro atoms. The van der Waals surface area contributed by atoms with Crippen LogP contribution in [0, 0.1) is 17.3 Å². The van der Waals surface area contributed by atoms with Gasteiger partial charge in [0.25, 0.3) is 0 Å². The second-order valence-electron chi connectivity index (χ2n) is 9.96. The first-order valence-corrected chi connectivity index (χ1v) is 11.8. The molecule has 0 aromatic carbocycles. The standard InChI is InChI=1S/C26H35N3O2/c1-5-11-29-22(19-8-6-7-18(12-19)10-9-17(2)3)15-24(28-29)27-25(31)20-13-21-16-26(21,4)23(30)14-20/h8,12,15,20-21H,2,5-7,9-11,13-14,16H2,1,3-4H3,(H,27,28,31)/t20?,21?,26-/m0/s1. The molecule has 4 rings (SSSR count). The van der Waals surface area contributed by atoms with Crippen molar-refractivity contribution in [1.29, 1.82) is 0 Å². The number of anilines is 1. The predicted molar refractivity (Wildman–Crippen MR) is 124 cm³/mol. The van der Waals surface area contributed by atoms with E-state index in [1.165, 1.54) is 16.7 Å². The van der Waals surface area contributed by atoms with Gasteiger partial charge in [-0.25, -0.2) is 0 Å². The maximum atomic E-state index is 12.9. The van der Waals surface area contributed by atoms with Crippen molar-refractivity contribution in [2.45, 2.75) is 78.7 Å². The molecule has 166 valence electrons. The van der Waals surface area contributed by atoms with Crippen LogP contribution >= 0.6 is 0 Å². The molecule has 1 aromatic rings. The largest absolute Gasteiger partial charge is 0.309 e. The van der Waals surface area contributed by atoms with E-state index in [4.69, 9.17) is 0 Å². The zero-order valence-corrected chi connectivity index (χ0v) is 19.2. The number of ketones is 1. The van der Waals surface area contributed by atoms with Gasteiger partial charge in [0.1, 0.15) is 5.78 Å². The first-order chi connectivity index (χ1) is 14.8. The van der Waals surface area contributed by atoms with Crippen molar-refractivity contribution in [2.24, 2.45) is 17.3 Å². The molecule has 3 aliphatic rings. The summed E-state index contributed by atoms with van der Waals surface area (Å²) in [5.74, 6) is 0.933. The van der Waals surface area contributed by atoms with Gasteiger partial charge in [-0.1, -0.05) is 37.1 Å². The molecule has 1 heterocycles. The molecule has 2 unspecified atom stereocenters. The van der Waals surface area contributed by atoms with E-state index in [0.29, 0.717) is 18.2 Å². The lowest BCUT2D eigenvalue weighted by atomic mass is 9.81. The van der Waals surface area contributed by atoms with Gasteiger partial charge in [-0.2, -0.15) is 5.10 Å². The number of allylic oxidation sites excluding steroid dienone is 5. The lowest BCUT2D eigenvalue weighted by Crippen LogP contribution is -2.32. The maximum absolute atomic E-state index is 12.9. The van der Waals surface area contributed by atoms with Crippen LogP contribution < -0.4 is 5.32 Å². The van der Waals surface area contributed by atoms with Crippen LogP contribution in [0.4, 0.5) is 5.82 Å². The normalized spacial score (nSPS) is 27.3. The van der Waals surface area contributed by atoms with Crippen LogP contribution in [0.1, 0.15) is 77.8 Å². The Bertz CT molecular complexity index is 967. The molecular weight excluding hydrogens is 386 g/mol. The fraction of sp³-hybridized carbons (Fsp3) is 0.577. The number of nitrogens with one attached hydrogen (secondary N) is 1. The number of nitrogens with zero attached hydrogens (tertiary/aromatic N) is 2. The molecule has 3 atom stereocenters. The average molecular weight is 422 g/mol. The van der Waals surface area contributed by atoms with Crippen molar-refractivity contribution in [2.75, 3.05) is 5.32 Å². The van der Waals surface area contributed by atoms with E-state index >= 15 is 0 Å². The minimum absolute atomic E-state index is 0.0645. The van der Waals surface area contributed by atoms with E-state index in [9.17, 15) is 9.59 Å². The summed E-state index contributed by atoms with van der Waals surface area (Å²) in [7, 11) is 0. The molecular formula is C26H35N3O2. The van der Waals surface area contributed by atoms with E-state index in [-0.39, 0.29) is 23.0 Å². The summed E-state index contributed by atoms with van der Waals surface area (Å²) in [6.07, 6.45) is 11.8. The predicted octanol–water partition coefficient (Wildman–Crippen LogP) is 5.70. The number of aryl methyl sites for hydroxylation is 1. The SMILES string of the molecule is C=C(C)CCC1=CC(c2cc(NC(=O)C3CC(=O)[C@@]4(C)CC4C3)nn2CCC)=CCC1. The Morgan fingerprint density at radius 3 is 2.94 bits per heavy atom. The molecule has 1 aromatic heterocycles. The Kier molecular flexibility index (Phi) is 6.05. The van der Waals surface area contributed by atoms with Crippen LogP contribution in [0.25, 0.3) is 5.57 Å². The third kappa shape index (κ3) is 4.60. The van der Waals surface area contributed by atoms with Gasteiger partial charge in [0.05, 0.1) is 5.69 Å². The minimum Gasteiger partial charge on any atom is -0.309 e. The second-order valence-corrected chi connectivity index (χ2v) is 9.96.